The van der Waals surface area contributed by atoms with Gasteiger partial charge in [0.25, 0.3) is 0 Å². The van der Waals surface area contributed by atoms with Gasteiger partial charge in [-0.25, -0.2) is 4.79 Å². The quantitative estimate of drug-likeness (QED) is 0.665. The van der Waals surface area contributed by atoms with Crippen LogP contribution in [0.25, 0.3) is 0 Å². The van der Waals surface area contributed by atoms with E-state index in [4.69, 9.17) is 5.11 Å². The van der Waals surface area contributed by atoms with E-state index in [0.29, 0.717) is 6.42 Å². The Bertz CT molecular complexity index is 300. The summed E-state index contributed by atoms with van der Waals surface area (Å²) >= 11 is 0. The van der Waals surface area contributed by atoms with Gasteiger partial charge in [0.1, 0.15) is 11.3 Å². The first-order valence-corrected chi connectivity index (χ1v) is 5.27. The summed E-state index contributed by atoms with van der Waals surface area (Å²) in [6.45, 7) is 6.35. The Morgan fingerprint density at radius 2 is 1.88 bits per heavy atom. The summed E-state index contributed by atoms with van der Waals surface area (Å²) in [6.07, 6.45) is 0.350. The monoisotopic (exact) mass is 229 g/mol. The fourth-order valence-corrected chi connectivity index (χ4v) is 1.36. The van der Waals surface area contributed by atoms with Crippen molar-refractivity contribution in [1.29, 1.82) is 0 Å². The number of nitrogens with one attached hydrogen (secondary N) is 1. The van der Waals surface area contributed by atoms with Gasteiger partial charge in [0, 0.05) is 0 Å². The Kier molecular flexibility index (Phi) is 5.14. The molecule has 0 radical (unpaired) electrons. The van der Waals surface area contributed by atoms with Gasteiger partial charge in [-0.3, -0.25) is 9.59 Å². The molecule has 1 amide bonds. The van der Waals surface area contributed by atoms with Gasteiger partial charge in [-0.15, -0.1) is 0 Å². The third-order valence-electron chi connectivity index (χ3n) is 2.85. The fraction of sp³-hybridized carbons (Fsp3) is 0.727. The molecule has 5 heteroatoms. The van der Waals surface area contributed by atoms with Gasteiger partial charge in [-0.05, 0) is 19.8 Å². The van der Waals surface area contributed by atoms with Crippen molar-refractivity contribution in [2.45, 2.75) is 46.1 Å². The Morgan fingerprint density at radius 3 is 2.19 bits per heavy atom. The van der Waals surface area contributed by atoms with Crippen LogP contribution in [0.15, 0.2) is 0 Å². The van der Waals surface area contributed by atoms with Crippen LogP contribution in [-0.2, 0) is 14.4 Å². The van der Waals surface area contributed by atoms with Crippen molar-refractivity contribution in [3.8, 4) is 0 Å². The molecule has 0 aliphatic heterocycles. The molecule has 0 fully saturated rings. The summed E-state index contributed by atoms with van der Waals surface area (Å²) in [5, 5.41) is 11.5. The smallest absolute Gasteiger partial charge is 0.329 e. The average Bonchev–Trinajstić information content (AvgIpc) is 2.14. The Labute approximate surface area is 95.2 Å². The number of carboxylic acid groups (broad SMARTS) is 1. The lowest BCUT2D eigenvalue weighted by atomic mass is 9.85. The van der Waals surface area contributed by atoms with E-state index in [1.54, 1.807) is 6.92 Å². The van der Waals surface area contributed by atoms with Crippen molar-refractivity contribution >= 4 is 17.7 Å². The second-order valence-corrected chi connectivity index (χ2v) is 4.24. The van der Waals surface area contributed by atoms with Crippen molar-refractivity contribution in [2.75, 3.05) is 0 Å². The van der Waals surface area contributed by atoms with Crippen molar-refractivity contribution in [2.24, 2.45) is 5.92 Å². The molecule has 0 saturated heterocycles. The number of carbonyl (C=O) groups is 3. The molecule has 0 rings (SSSR count). The van der Waals surface area contributed by atoms with Gasteiger partial charge < -0.3 is 10.4 Å². The number of hydrogen-bond donors (Lipinski definition) is 2. The predicted octanol–water partition coefficient (Wildman–Crippen LogP) is 0.971. The minimum absolute atomic E-state index is 0.207. The van der Waals surface area contributed by atoms with Crippen LogP contribution in [0.1, 0.15) is 40.5 Å². The molecule has 16 heavy (non-hydrogen) atoms. The third-order valence-corrected chi connectivity index (χ3v) is 2.85. The molecule has 0 spiro atoms. The van der Waals surface area contributed by atoms with E-state index in [9.17, 15) is 14.4 Å². The number of carboxylic acids is 1. The second kappa shape index (κ2) is 5.63. The largest absolute Gasteiger partial charge is 0.480 e. The van der Waals surface area contributed by atoms with Crippen LogP contribution in [0.3, 0.4) is 0 Å². The molecule has 0 saturated carbocycles. The van der Waals surface area contributed by atoms with Crippen molar-refractivity contribution in [1.82, 2.24) is 5.32 Å². The molecular weight excluding hydrogens is 210 g/mol. The first-order chi connectivity index (χ1) is 7.24. The molecule has 0 unspecified atom stereocenters. The molecular formula is C11H19NO4. The summed E-state index contributed by atoms with van der Waals surface area (Å²) < 4.78 is 0. The molecule has 0 aliphatic rings. The van der Waals surface area contributed by atoms with E-state index >= 15 is 0 Å². The highest BCUT2D eigenvalue weighted by Crippen LogP contribution is 2.20. The van der Waals surface area contributed by atoms with Crippen molar-refractivity contribution in [3.05, 3.63) is 0 Å². The Hall–Kier alpha value is -1.39. The van der Waals surface area contributed by atoms with Crippen LogP contribution in [0.2, 0.25) is 0 Å². The van der Waals surface area contributed by atoms with Gasteiger partial charge in [0.05, 0.1) is 6.42 Å². The van der Waals surface area contributed by atoms with Crippen molar-refractivity contribution in [3.63, 3.8) is 0 Å². The van der Waals surface area contributed by atoms with Gasteiger partial charge >= 0.3 is 5.97 Å². The average molecular weight is 229 g/mol. The number of rotatable bonds is 6. The minimum Gasteiger partial charge on any atom is -0.480 e. The van der Waals surface area contributed by atoms with E-state index < -0.39 is 17.4 Å². The molecule has 2 N–H and O–H groups in total. The summed E-state index contributed by atoms with van der Waals surface area (Å²) in [4.78, 5) is 33.3. The minimum atomic E-state index is -1.32. The van der Waals surface area contributed by atoms with Gasteiger partial charge in [0.2, 0.25) is 5.91 Å². The normalized spacial score (nSPS) is 16.0. The van der Waals surface area contributed by atoms with Crippen LogP contribution in [0.4, 0.5) is 0 Å². The second-order valence-electron chi connectivity index (χ2n) is 4.24. The van der Waals surface area contributed by atoms with Crippen LogP contribution < -0.4 is 5.32 Å². The van der Waals surface area contributed by atoms with Crippen molar-refractivity contribution < 1.29 is 19.5 Å². The van der Waals surface area contributed by atoms with Gasteiger partial charge in [-0.1, -0.05) is 20.3 Å². The highest BCUT2D eigenvalue weighted by molar-refractivity contribution is 5.98. The lowest BCUT2D eigenvalue weighted by Crippen LogP contribution is -2.56. The molecule has 5 nitrogen and oxygen atoms in total. The molecule has 0 heterocycles. The number of amides is 1. The van der Waals surface area contributed by atoms with Crippen LogP contribution in [0, 0.1) is 5.92 Å². The fourth-order valence-electron chi connectivity index (χ4n) is 1.36. The van der Waals surface area contributed by atoms with E-state index in [0.717, 1.165) is 0 Å². The lowest BCUT2D eigenvalue weighted by Gasteiger charge is -2.31. The van der Waals surface area contributed by atoms with Gasteiger partial charge in [0.15, 0.2) is 0 Å². The number of ketones is 1. The zero-order valence-corrected chi connectivity index (χ0v) is 10.2. The predicted molar refractivity (Wildman–Crippen MR) is 58.9 cm³/mol. The van der Waals surface area contributed by atoms with Crippen LogP contribution in [0.5, 0.6) is 0 Å². The maximum atomic E-state index is 11.4. The molecule has 0 aromatic rings. The van der Waals surface area contributed by atoms with E-state index in [1.165, 1.54) is 13.8 Å². The maximum Gasteiger partial charge on any atom is 0.329 e. The first kappa shape index (κ1) is 14.6. The lowest BCUT2D eigenvalue weighted by molar-refractivity contribution is -0.149. The zero-order valence-electron chi connectivity index (χ0n) is 10.2. The number of hydrogen-bond acceptors (Lipinski definition) is 3. The summed E-state index contributed by atoms with van der Waals surface area (Å²) in [5.41, 5.74) is -1.32. The highest BCUT2D eigenvalue weighted by atomic mass is 16.4. The van der Waals surface area contributed by atoms with Crippen LogP contribution in [-0.4, -0.2) is 28.3 Å². The number of carbonyl (C=O) groups excluding carboxylic acids is 2. The molecule has 0 bridgehead atoms. The van der Waals surface area contributed by atoms with Crippen LogP contribution >= 0.6 is 0 Å². The topological polar surface area (TPSA) is 83.5 Å². The third kappa shape index (κ3) is 3.64. The zero-order chi connectivity index (χ0) is 12.9. The number of Topliss-reactive ketones (excluding diaryl/α,β-unsaturated/α-hetero) is 1. The molecule has 0 aromatic carbocycles. The Morgan fingerprint density at radius 1 is 1.38 bits per heavy atom. The molecule has 0 aromatic heterocycles. The maximum absolute atomic E-state index is 11.4. The van der Waals surface area contributed by atoms with E-state index in [1.807, 2.05) is 6.92 Å². The number of aliphatic carboxylic acids is 1. The summed E-state index contributed by atoms with van der Waals surface area (Å²) in [6, 6.07) is 0. The Balaban J connectivity index is 4.75. The SMILES string of the molecule is CC[C@@H](C)[C@@](C)(NC(=O)CC(C)=O)C(=O)O. The van der Waals surface area contributed by atoms with E-state index in [2.05, 4.69) is 5.32 Å². The van der Waals surface area contributed by atoms with E-state index in [-0.39, 0.29) is 18.1 Å². The first-order valence-electron chi connectivity index (χ1n) is 5.27. The standard InChI is InChI=1S/C11H19NO4/c1-5-7(2)11(4,10(15)16)12-9(14)6-8(3)13/h7H,5-6H2,1-4H3,(H,12,14)(H,15,16)/t7-,11-/m1/s1. The summed E-state index contributed by atoms with van der Waals surface area (Å²) in [7, 11) is 0. The molecule has 0 aliphatic carbocycles. The molecule has 92 valence electrons. The highest BCUT2D eigenvalue weighted by Gasteiger charge is 2.39. The van der Waals surface area contributed by atoms with Gasteiger partial charge in [-0.2, -0.15) is 0 Å². The molecule has 2 atom stereocenters. The summed E-state index contributed by atoms with van der Waals surface area (Å²) in [5.74, 6) is -2.12.